The number of aromatic carboxylic acids is 1. The zero-order valence-corrected chi connectivity index (χ0v) is 11.0. The number of rotatable bonds is 4. The Hall–Kier alpha value is -2.24. The Morgan fingerprint density at radius 1 is 1.20 bits per heavy atom. The van der Waals surface area contributed by atoms with Crippen LogP contribution in [-0.4, -0.2) is 34.4 Å². The molecule has 108 valence electrons. The monoisotopic (exact) mass is 280 g/mol. The molecule has 20 heavy (non-hydrogen) atoms. The van der Waals surface area contributed by atoms with Gasteiger partial charge in [0.2, 0.25) is 0 Å². The smallest absolute Gasteiger partial charge is 0.339 e. The van der Waals surface area contributed by atoms with Crippen LogP contribution in [-0.2, 0) is 10.2 Å². The van der Waals surface area contributed by atoms with Crippen LogP contribution in [0.25, 0.3) is 0 Å². The van der Waals surface area contributed by atoms with Gasteiger partial charge in [-0.15, -0.1) is 0 Å². The Labute approximate surface area is 115 Å². The number of carboxylic acids is 2. The summed E-state index contributed by atoms with van der Waals surface area (Å²) in [4.78, 5) is 22.8. The van der Waals surface area contributed by atoms with E-state index < -0.39 is 17.4 Å². The van der Waals surface area contributed by atoms with Crippen LogP contribution in [0.1, 0.15) is 41.6 Å². The molecule has 1 aromatic rings. The fraction of sp³-hybridized carbons (Fsp3) is 0.429. The number of aliphatic carboxylic acids is 1. The van der Waals surface area contributed by atoms with Crippen molar-refractivity contribution in [1.82, 2.24) is 0 Å². The highest BCUT2D eigenvalue weighted by molar-refractivity contribution is 5.93. The zero-order valence-electron chi connectivity index (χ0n) is 11.0. The number of carboxylic acid groups (broad SMARTS) is 2. The highest BCUT2D eigenvalue weighted by Gasteiger charge is 2.45. The van der Waals surface area contributed by atoms with E-state index in [9.17, 15) is 19.8 Å². The molecule has 6 heteroatoms. The molecule has 1 saturated carbocycles. The third kappa shape index (κ3) is 2.07. The summed E-state index contributed by atoms with van der Waals surface area (Å²) in [6.45, 7) is 0. The van der Waals surface area contributed by atoms with Gasteiger partial charge in [0.05, 0.1) is 12.5 Å². The van der Waals surface area contributed by atoms with E-state index in [0.717, 1.165) is 12.8 Å². The number of hydrogen-bond donors (Lipinski definition) is 3. The summed E-state index contributed by atoms with van der Waals surface area (Å²) in [7, 11) is 1.30. The maximum atomic E-state index is 11.6. The van der Waals surface area contributed by atoms with Gasteiger partial charge in [-0.3, -0.25) is 4.79 Å². The molecule has 0 spiro atoms. The van der Waals surface area contributed by atoms with Crippen LogP contribution in [0.2, 0.25) is 0 Å². The lowest BCUT2D eigenvalue weighted by atomic mass is 9.77. The predicted octanol–water partition coefficient (Wildman–Crippen LogP) is 2.00. The minimum Gasteiger partial charge on any atom is -0.507 e. The van der Waals surface area contributed by atoms with Crippen LogP contribution in [0.15, 0.2) is 12.1 Å². The Bertz CT molecular complexity index is 557. The summed E-state index contributed by atoms with van der Waals surface area (Å²) >= 11 is 0. The van der Waals surface area contributed by atoms with E-state index in [0.29, 0.717) is 12.8 Å². The van der Waals surface area contributed by atoms with E-state index in [4.69, 9.17) is 9.84 Å². The molecule has 3 N–H and O–H groups in total. The number of hydrogen-bond acceptors (Lipinski definition) is 4. The van der Waals surface area contributed by atoms with Crippen molar-refractivity contribution in [3.05, 3.63) is 23.3 Å². The van der Waals surface area contributed by atoms with E-state index in [-0.39, 0.29) is 22.6 Å². The SMILES string of the molecule is COc1cc(O)c(C2(C(=O)O)CCCC2)cc1C(=O)O. The van der Waals surface area contributed by atoms with Crippen molar-refractivity contribution < 1.29 is 29.6 Å². The van der Waals surface area contributed by atoms with Gasteiger partial charge in [-0.05, 0) is 18.9 Å². The van der Waals surface area contributed by atoms with Gasteiger partial charge >= 0.3 is 11.9 Å². The van der Waals surface area contributed by atoms with Crippen molar-refractivity contribution in [2.24, 2.45) is 0 Å². The number of aromatic hydroxyl groups is 1. The van der Waals surface area contributed by atoms with Gasteiger partial charge in [0.1, 0.15) is 17.1 Å². The first-order valence-electron chi connectivity index (χ1n) is 6.30. The molecule has 1 aliphatic rings. The Kier molecular flexibility index (Phi) is 3.57. The topological polar surface area (TPSA) is 104 Å². The molecular formula is C14H16O6. The van der Waals surface area contributed by atoms with Crippen molar-refractivity contribution >= 4 is 11.9 Å². The second-order valence-corrected chi connectivity index (χ2v) is 4.97. The van der Waals surface area contributed by atoms with Gasteiger partial charge in [0.25, 0.3) is 0 Å². The fourth-order valence-corrected chi connectivity index (χ4v) is 2.87. The summed E-state index contributed by atoms with van der Waals surface area (Å²) in [5, 5.41) is 28.7. The van der Waals surface area contributed by atoms with Crippen LogP contribution in [0.4, 0.5) is 0 Å². The second kappa shape index (κ2) is 5.03. The zero-order chi connectivity index (χ0) is 14.9. The third-order valence-corrected chi connectivity index (χ3v) is 3.93. The molecule has 0 heterocycles. The molecule has 0 aliphatic heterocycles. The minimum absolute atomic E-state index is 0.0114. The second-order valence-electron chi connectivity index (χ2n) is 4.97. The van der Waals surface area contributed by atoms with Gasteiger partial charge in [-0.2, -0.15) is 0 Å². The molecule has 0 saturated heterocycles. The number of ether oxygens (including phenoxy) is 1. The average molecular weight is 280 g/mol. The average Bonchev–Trinajstić information content (AvgIpc) is 2.88. The van der Waals surface area contributed by atoms with E-state index in [1.54, 1.807) is 0 Å². The Morgan fingerprint density at radius 3 is 2.25 bits per heavy atom. The summed E-state index contributed by atoms with van der Waals surface area (Å²) in [6, 6.07) is 2.39. The van der Waals surface area contributed by atoms with Crippen LogP contribution < -0.4 is 4.74 Å². The van der Waals surface area contributed by atoms with E-state index in [2.05, 4.69) is 0 Å². The number of phenols is 1. The maximum Gasteiger partial charge on any atom is 0.339 e. The Morgan fingerprint density at radius 2 is 1.80 bits per heavy atom. The lowest BCUT2D eigenvalue weighted by molar-refractivity contribution is -0.143. The molecular weight excluding hydrogens is 264 g/mol. The maximum absolute atomic E-state index is 11.6. The van der Waals surface area contributed by atoms with Crippen molar-refractivity contribution in [2.45, 2.75) is 31.1 Å². The summed E-state index contributed by atoms with van der Waals surface area (Å²) < 4.78 is 4.91. The van der Waals surface area contributed by atoms with E-state index >= 15 is 0 Å². The molecule has 0 atom stereocenters. The lowest BCUT2D eigenvalue weighted by Crippen LogP contribution is -2.33. The van der Waals surface area contributed by atoms with Gasteiger partial charge in [-0.1, -0.05) is 12.8 Å². The largest absolute Gasteiger partial charge is 0.507 e. The van der Waals surface area contributed by atoms with Crippen LogP contribution in [0.3, 0.4) is 0 Å². The predicted molar refractivity (Wildman–Crippen MR) is 69.4 cm³/mol. The van der Waals surface area contributed by atoms with E-state index in [1.807, 2.05) is 0 Å². The first-order chi connectivity index (χ1) is 9.42. The molecule has 1 aliphatic carbocycles. The van der Waals surface area contributed by atoms with Gasteiger partial charge in [-0.25, -0.2) is 4.79 Å². The molecule has 0 aromatic heterocycles. The van der Waals surface area contributed by atoms with Gasteiger partial charge < -0.3 is 20.1 Å². The quantitative estimate of drug-likeness (QED) is 0.779. The summed E-state index contributed by atoms with van der Waals surface area (Å²) in [5.74, 6) is -2.48. The number of benzene rings is 1. The van der Waals surface area contributed by atoms with Gasteiger partial charge in [0.15, 0.2) is 0 Å². The fourth-order valence-electron chi connectivity index (χ4n) is 2.87. The minimum atomic E-state index is -1.22. The molecule has 0 amide bonds. The molecule has 1 aromatic carbocycles. The standard InChI is InChI=1S/C14H16O6/c1-20-11-7-10(15)9(6-8(11)12(16)17)14(13(18)19)4-2-3-5-14/h6-7,15H,2-5H2,1H3,(H,16,17)(H,18,19). The van der Waals surface area contributed by atoms with Gasteiger partial charge in [0, 0.05) is 11.6 Å². The number of phenolic OH excluding ortho intramolecular Hbond substituents is 1. The highest BCUT2D eigenvalue weighted by Crippen LogP contribution is 2.46. The van der Waals surface area contributed by atoms with Crippen molar-refractivity contribution in [1.29, 1.82) is 0 Å². The molecule has 1 fully saturated rings. The van der Waals surface area contributed by atoms with Crippen molar-refractivity contribution in [3.8, 4) is 11.5 Å². The molecule has 6 nitrogen and oxygen atoms in total. The molecule has 0 unspecified atom stereocenters. The number of carbonyl (C=O) groups is 2. The van der Waals surface area contributed by atoms with E-state index in [1.165, 1.54) is 19.2 Å². The summed E-state index contributed by atoms with van der Waals surface area (Å²) in [6.07, 6.45) is 2.25. The first kappa shape index (κ1) is 14.2. The highest BCUT2D eigenvalue weighted by atomic mass is 16.5. The third-order valence-electron chi connectivity index (χ3n) is 3.93. The normalized spacial score (nSPS) is 16.9. The number of methoxy groups -OCH3 is 1. The lowest BCUT2D eigenvalue weighted by Gasteiger charge is -2.26. The first-order valence-corrected chi connectivity index (χ1v) is 6.30. The van der Waals surface area contributed by atoms with Crippen LogP contribution >= 0.6 is 0 Å². The van der Waals surface area contributed by atoms with Crippen molar-refractivity contribution in [2.75, 3.05) is 7.11 Å². The molecule has 0 bridgehead atoms. The molecule has 2 rings (SSSR count). The van der Waals surface area contributed by atoms with Crippen LogP contribution in [0.5, 0.6) is 11.5 Å². The van der Waals surface area contributed by atoms with Crippen LogP contribution in [0, 0.1) is 0 Å². The summed E-state index contributed by atoms with van der Waals surface area (Å²) in [5.41, 5.74) is -1.20. The Balaban J connectivity index is 2.64. The molecule has 0 radical (unpaired) electrons. The van der Waals surface area contributed by atoms with Crippen molar-refractivity contribution in [3.63, 3.8) is 0 Å².